The molecule has 1 amide bonds. The Kier molecular flexibility index (Phi) is 3.20. The standard InChI is InChI=1S/C16H20N4O/c1-4-14-13(9-19(3)18-14)16(21)20-10(2)7-11-8-12(17)5-6-15(11)20/h5-6,8-10H,4,7,17H2,1-3H3. The van der Waals surface area contributed by atoms with Crippen molar-refractivity contribution in [2.24, 2.45) is 7.05 Å². The summed E-state index contributed by atoms with van der Waals surface area (Å²) in [6.45, 7) is 4.08. The van der Waals surface area contributed by atoms with Gasteiger partial charge in [0.05, 0.1) is 11.3 Å². The minimum atomic E-state index is 0.0240. The molecule has 1 atom stereocenters. The van der Waals surface area contributed by atoms with Gasteiger partial charge in [0.2, 0.25) is 0 Å². The van der Waals surface area contributed by atoms with E-state index in [9.17, 15) is 4.79 Å². The summed E-state index contributed by atoms with van der Waals surface area (Å²) in [4.78, 5) is 14.8. The number of nitrogens with zero attached hydrogens (tertiary/aromatic N) is 3. The van der Waals surface area contributed by atoms with Crippen LogP contribution in [-0.4, -0.2) is 21.7 Å². The molecular weight excluding hydrogens is 264 g/mol. The Morgan fingerprint density at radius 3 is 2.95 bits per heavy atom. The van der Waals surface area contributed by atoms with Crippen LogP contribution in [0.3, 0.4) is 0 Å². The Labute approximate surface area is 124 Å². The lowest BCUT2D eigenvalue weighted by molar-refractivity contribution is 0.0980. The molecule has 1 unspecified atom stereocenters. The second-order valence-electron chi connectivity index (χ2n) is 5.63. The highest BCUT2D eigenvalue weighted by Gasteiger charge is 2.33. The fourth-order valence-electron chi connectivity index (χ4n) is 3.06. The number of nitrogen functional groups attached to an aromatic ring is 1. The van der Waals surface area contributed by atoms with Crippen molar-refractivity contribution in [1.29, 1.82) is 0 Å². The summed E-state index contributed by atoms with van der Waals surface area (Å²) >= 11 is 0. The van der Waals surface area contributed by atoms with Crippen molar-refractivity contribution in [3.8, 4) is 0 Å². The molecule has 5 heteroatoms. The first-order valence-electron chi connectivity index (χ1n) is 7.25. The molecule has 0 aliphatic carbocycles. The average Bonchev–Trinajstić information content (AvgIpc) is 2.96. The summed E-state index contributed by atoms with van der Waals surface area (Å²) in [7, 11) is 1.85. The van der Waals surface area contributed by atoms with E-state index in [2.05, 4.69) is 12.0 Å². The molecule has 3 rings (SSSR count). The van der Waals surface area contributed by atoms with Gasteiger partial charge in [-0.2, -0.15) is 5.10 Å². The maximum atomic E-state index is 12.9. The number of carbonyl (C=O) groups excluding carboxylic acids is 1. The number of aromatic nitrogens is 2. The molecule has 0 spiro atoms. The van der Waals surface area contributed by atoms with Crippen LogP contribution < -0.4 is 10.6 Å². The van der Waals surface area contributed by atoms with Crippen LogP contribution in [0.2, 0.25) is 0 Å². The minimum Gasteiger partial charge on any atom is -0.399 e. The molecule has 2 heterocycles. The van der Waals surface area contributed by atoms with E-state index in [0.29, 0.717) is 5.56 Å². The van der Waals surface area contributed by atoms with Gasteiger partial charge in [-0.25, -0.2) is 0 Å². The number of amides is 1. The second kappa shape index (κ2) is 4.91. The van der Waals surface area contributed by atoms with E-state index in [1.54, 1.807) is 4.68 Å². The SMILES string of the molecule is CCc1nn(C)cc1C(=O)N1c2ccc(N)cc2CC1C. The zero-order valence-corrected chi connectivity index (χ0v) is 12.6. The molecule has 5 nitrogen and oxygen atoms in total. The Morgan fingerprint density at radius 2 is 2.24 bits per heavy atom. The lowest BCUT2D eigenvalue weighted by Crippen LogP contribution is -2.36. The van der Waals surface area contributed by atoms with Crippen molar-refractivity contribution < 1.29 is 4.79 Å². The second-order valence-corrected chi connectivity index (χ2v) is 5.63. The first-order chi connectivity index (χ1) is 10.0. The predicted molar refractivity (Wildman–Crippen MR) is 83.4 cm³/mol. The molecule has 1 aromatic heterocycles. The maximum Gasteiger partial charge on any atom is 0.262 e. The number of benzene rings is 1. The molecule has 2 aromatic rings. The molecule has 0 bridgehead atoms. The fourth-order valence-corrected chi connectivity index (χ4v) is 3.06. The van der Waals surface area contributed by atoms with Crippen molar-refractivity contribution in [2.75, 3.05) is 10.6 Å². The summed E-state index contributed by atoms with van der Waals surface area (Å²) in [5.74, 6) is 0.0240. The quantitative estimate of drug-likeness (QED) is 0.859. The Hall–Kier alpha value is -2.30. The van der Waals surface area contributed by atoms with Gasteiger partial charge in [-0.05, 0) is 43.5 Å². The van der Waals surface area contributed by atoms with Crippen molar-refractivity contribution >= 4 is 17.3 Å². The van der Waals surface area contributed by atoms with E-state index in [4.69, 9.17) is 5.73 Å². The van der Waals surface area contributed by atoms with Crippen molar-refractivity contribution in [3.63, 3.8) is 0 Å². The van der Waals surface area contributed by atoms with E-state index in [-0.39, 0.29) is 11.9 Å². The zero-order valence-electron chi connectivity index (χ0n) is 12.6. The summed E-state index contributed by atoms with van der Waals surface area (Å²) in [5.41, 5.74) is 10.2. The van der Waals surface area contributed by atoms with E-state index in [1.807, 2.05) is 43.3 Å². The van der Waals surface area contributed by atoms with Gasteiger partial charge in [0.15, 0.2) is 0 Å². The number of fused-ring (bicyclic) bond motifs is 1. The van der Waals surface area contributed by atoms with E-state index < -0.39 is 0 Å². The molecule has 1 aliphatic heterocycles. The lowest BCUT2D eigenvalue weighted by atomic mass is 10.1. The first-order valence-corrected chi connectivity index (χ1v) is 7.25. The van der Waals surface area contributed by atoms with Gasteiger partial charge < -0.3 is 10.6 Å². The van der Waals surface area contributed by atoms with E-state index >= 15 is 0 Å². The molecule has 2 N–H and O–H groups in total. The van der Waals surface area contributed by atoms with Crippen LogP contribution >= 0.6 is 0 Å². The predicted octanol–water partition coefficient (Wildman–Crippen LogP) is 2.16. The van der Waals surface area contributed by atoms with Crippen LogP contribution in [0.5, 0.6) is 0 Å². The van der Waals surface area contributed by atoms with Gasteiger partial charge in [0, 0.05) is 30.7 Å². The Balaban J connectivity index is 2.02. The molecule has 0 fully saturated rings. The highest BCUT2D eigenvalue weighted by Crippen LogP contribution is 2.34. The number of aryl methyl sites for hydroxylation is 2. The Bertz CT molecular complexity index is 704. The molecule has 1 aromatic carbocycles. The van der Waals surface area contributed by atoms with Crippen LogP contribution in [0.4, 0.5) is 11.4 Å². The van der Waals surface area contributed by atoms with Gasteiger partial charge in [-0.15, -0.1) is 0 Å². The molecule has 1 aliphatic rings. The van der Waals surface area contributed by atoms with Gasteiger partial charge in [0.25, 0.3) is 5.91 Å². The third-order valence-electron chi connectivity index (χ3n) is 4.01. The van der Waals surface area contributed by atoms with Crippen LogP contribution in [0, 0.1) is 0 Å². The van der Waals surface area contributed by atoms with Crippen LogP contribution in [0.1, 0.15) is 35.5 Å². The van der Waals surface area contributed by atoms with Gasteiger partial charge in [-0.1, -0.05) is 6.92 Å². The monoisotopic (exact) mass is 284 g/mol. The maximum absolute atomic E-state index is 12.9. The Morgan fingerprint density at radius 1 is 1.48 bits per heavy atom. The molecule has 21 heavy (non-hydrogen) atoms. The number of carbonyl (C=O) groups is 1. The van der Waals surface area contributed by atoms with Crippen molar-refractivity contribution in [2.45, 2.75) is 32.7 Å². The highest BCUT2D eigenvalue weighted by atomic mass is 16.2. The van der Waals surface area contributed by atoms with Crippen molar-refractivity contribution in [3.05, 3.63) is 41.2 Å². The van der Waals surface area contributed by atoms with Gasteiger partial charge >= 0.3 is 0 Å². The normalized spacial score (nSPS) is 17.1. The van der Waals surface area contributed by atoms with E-state index in [1.165, 1.54) is 0 Å². The fraction of sp³-hybridized carbons (Fsp3) is 0.375. The largest absolute Gasteiger partial charge is 0.399 e. The first kappa shape index (κ1) is 13.7. The lowest BCUT2D eigenvalue weighted by Gasteiger charge is -2.22. The van der Waals surface area contributed by atoms with Crippen LogP contribution in [0.25, 0.3) is 0 Å². The molecule has 0 saturated carbocycles. The third kappa shape index (κ3) is 2.18. The number of anilines is 2. The summed E-state index contributed by atoms with van der Waals surface area (Å²) in [6.07, 6.45) is 3.40. The molecule has 0 radical (unpaired) electrons. The number of nitrogens with two attached hydrogens (primary N) is 1. The third-order valence-corrected chi connectivity index (χ3v) is 4.01. The van der Waals surface area contributed by atoms with Gasteiger partial charge in [-0.3, -0.25) is 9.48 Å². The molecule has 110 valence electrons. The number of hydrogen-bond acceptors (Lipinski definition) is 3. The smallest absolute Gasteiger partial charge is 0.262 e. The van der Waals surface area contributed by atoms with Crippen LogP contribution in [0.15, 0.2) is 24.4 Å². The summed E-state index contributed by atoms with van der Waals surface area (Å²) in [6, 6.07) is 5.89. The van der Waals surface area contributed by atoms with Crippen LogP contribution in [-0.2, 0) is 19.9 Å². The number of hydrogen-bond donors (Lipinski definition) is 1. The highest BCUT2D eigenvalue weighted by molar-refractivity contribution is 6.08. The summed E-state index contributed by atoms with van der Waals surface area (Å²) in [5, 5.41) is 4.37. The average molecular weight is 284 g/mol. The number of rotatable bonds is 2. The summed E-state index contributed by atoms with van der Waals surface area (Å²) < 4.78 is 1.71. The van der Waals surface area contributed by atoms with Crippen molar-refractivity contribution in [1.82, 2.24) is 9.78 Å². The molecule has 0 saturated heterocycles. The minimum absolute atomic E-state index is 0.0240. The van der Waals surface area contributed by atoms with Gasteiger partial charge in [0.1, 0.15) is 0 Å². The molecular formula is C16H20N4O. The van der Waals surface area contributed by atoms with E-state index in [0.717, 1.165) is 35.5 Å². The topological polar surface area (TPSA) is 64.2 Å². The zero-order chi connectivity index (χ0) is 15.1.